The van der Waals surface area contributed by atoms with E-state index in [0.29, 0.717) is 5.92 Å². The van der Waals surface area contributed by atoms with Crippen LogP contribution in [0.2, 0.25) is 0 Å². The van der Waals surface area contributed by atoms with E-state index in [1.54, 1.807) is 0 Å². The summed E-state index contributed by atoms with van der Waals surface area (Å²) in [5.74, 6) is 0.122. The number of carbonyl (C=O) groups excluding carboxylic acids is 1. The second kappa shape index (κ2) is 6.23. The summed E-state index contributed by atoms with van der Waals surface area (Å²) in [5.41, 5.74) is 6.48. The number of halogens is 1. The molecule has 0 radical (unpaired) electrons. The lowest BCUT2D eigenvalue weighted by Crippen LogP contribution is -2.42. The van der Waals surface area contributed by atoms with Gasteiger partial charge in [-0.1, -0.05) is 41.3 Å². The third-order valence-electron chi connectivity index (χ3n) is 3.57. The summed E-state index contributed by atoms with van der Waals surface area (Å²) >= 11 is 3.43. The van der Waals surface area contributed by atoms with Crippen molar-refractivity contribution in [2.45, 2.75) is 38.1 Å². The minimum Gasteiger partial charge on any atom is -0.373 e. The van der Waals surface area contributed by atoms with Gasteiger partial charge in [0.2, 0.25) is 5.91 Å². The van der Waals surface area contributed by atoms with Gasteiger partial charge >= 0.3 is 0 Å². The number of rotatable bonds is 4. The molecule has 3 N–H and O–H groups in total. The molecule has 0 aromatic heterocycles. The van der Waals surface area contributed by atoms with Gasteiger partial charge in [-0.2, -0.15) is 0 Å². The summed E-state index contributed by atoms with van der Waals surface area (Å²) in [6.45, 7) is 0. The van der Waals surface area contributed by atoms with Gasteiger partial charge in [-0.15, -0.1) is 0 Å². The Bertz CT molecular complexity index is 416. The molecule has 0 heterocycles. The number of nitrogens with two attached hydrogens (primary N) is 1. The Kier molecular flexibility index (Phi) is 4.64. The smallest absolute Gasteiger partial charge is 0.240 e. The van der Waals surface area contributed by atoms with Gasteiger partial charge in [0.25, 0.3) is 0 Å². The average Bonchev–Trinajstić information content (AvgIpc) is 2.37. The Balaban J connectivity index is 2.08. The van der Waals surface area contributed by atoms with Crippen LogP contribution >= 0.6 is 15.9 Å². The number of nitrogens with one attached hydrogen (secondary N) is 1. The zero-order valence-corrected chi connectivity index (χ0v) is 11.9. The van der Waals surface area contributed by atoms with Crippen LogP contribution in [-0.2, 0) is 4.79 Å². The topological polar surface area (TPSA) is 55.1 Å². The molecule has 1 saturated carbocycles. The first-order valence-corrected chi connectivity index (χ1v) is 7.27. The van der Waals surface area contributed by atoms with Crippen molar-refractivity contribution < 1.29 is 4.79 Å². The zero-order chi connectivity index (χ0) is 13.0. The van der Waals surface area contributed by atoms with Gasteiger partial charge in [0.05, 0.1) is 0 Å². The Morgan fingerprint density at radius 2 is 2.06 bits per heavy atom. The molecule has 0 saturated heterocycles. The highest BCUT2D eigenvalue weighted by molar-refractivity contribution is 9.10. The number of carbonyl (C=O) groups is 1. The van der Waals surface area contributed by atoms with Crippen LogP contribution in [0.3, 0.4) is 0 Å². The molecule has 0 spiro atoms. The predicted octanol–water partition coefficient (Wildman–Crippen LogP) is 3.30. The van der Waals surface area contributed by atoms with E-state index in [1.807, 2.05) is 24.3 Å². The molecule has 1 aliphatic carbocycles. The fraction of sp³-hybridized carbons (Fsp3) is 0.500. The molecule has 1 aromatic rings. The molecule has 3 nitrogen and oxygen atoms in total. The van der Waals surface area contributed by atoms with Crippen molar-refractivity contribution in [2.75, 3.05) is 5.32 Å². The van der Waals surface area contributed by atoms with Crippen LogP contribution in [0, 0.1) is 5.92 Å². The Morgan fingerprint density at radius 1 is 1.33 bits per heavy atom. The molecule has 0 bridgehead atoms. The molecule has 18 heavy (non-hydrogen) atoms. The first kappa shape index (κ1) is 13.4. The van der Waals surface area contributed by atoms with Gasteiger partial charge in [0, 0.05) is 10.2 Å². The van der Waals surface area contributed by atoms with Crippen molar-refractivity contribution in [1.29, 1.82) is 0 Å². The number of amides is 1. The first-order chi connectivity index (χ1) is 8.66. The fourth-order valence-corrected chi connectivity index (χ4v) is 3.05. The van der Waals surface area contributed by atoms with E-state index < -0.39 is 0 Å². The molecular weight excluding hydrogens is 292 g/mol. The van der Waals surface area contributed by atoms with E-state index in [-0.39, 0.29) is 11.9 Å². The van der Waals surface area contributed by atoms with Crippen molar-refractivity contribution in [3.63, 3.8) is 0 Å². The summed E-state index contributed by atoms with van der Waals surface area (Å²) in [5, 5.41) is 3.28. The molecule has 2 rings (SSSR count). The first-order valence-electron chi connectivity index (χ1n) is 6.48. The highest BCUT2D eigenvalue weighted by Crippen LogP contribution is 2.28. The van der Waals surface area contributed by atoms with E-state index in [4.69, 9.17) is 5.73 Å². The van der Waals surface area contributed by atoms with Gasteiger partial charge in [-0.25, -0.2) is 0 Å². The monoisotopic (exact) mass is 310 g/mol. The molecule has 1 aliphatic rings. The van der Waals surface area contributed by atoms with Crippen LogP contribution in [0.5, 0.6) is 0 Å². The number of anilines is 1. The third kappa shape index (κ3) is 3.48. The lowest BCUT2D eigenvalue weighted by atomic mass is 9.83. The standard InChI is InChI=1S/C14H19BrN2O/c15-11-7-4-8-12(9-11)17-13(14(16)18)10-5-2-1-3-6-10/h4,7-10,13,17H,1-3,5-6H2,(H2,16,18). The lowest BCUT2D eigenvalue weighted by Gasteiger charge is -2.29. The molecule has 1 atom stereocenters. The normalized spacial score (nSPS) is 18.3. The predicted molar refractivity (Wildman–Crippen MR) is 77.3 cm³/mol. The van der Waals surface area contributed by atoms with E-state index in [1.165, 1.54) is 19.3 Å². The summed E-state index contributed by atoms with van der Waals surface area (Å²) in [6.07, 6.45) is 5.87. The quantitative estimate of drug-likeness (QED) is 0.896. The van der Waals surface area contributed by atoms with Crippen molar-refractivity contribution in [3.8, 4) is 0 Å². The summed E-state index contributed by atoms with van der Waals surface area (Å²) in [4.78, 5) is 11.6. The minimum absolute atomic E-state index is 0.248. The van der Waals surface area contributed by atoms with Gasteiger partial charge in [-0.3, -0.25) is 4.79 Å². The third-order valence-corrected chi connectivity index (χ3v) is 4.07. The maximum Gasteiger partial charge on any atom is 0.240 e. The van der Waals surface area contributed by atoms with Crippen LogP contribution in [-0.4, -0.2) is 11.9 Å². The van der Waals surface area contributed by atoms with Crippen LogP contribution < -0.4 is 11.1 Å². The van der Waals surface area contributed by atoms with E-state index >= 15 is 0 Å². The highest BCUT2D eigenvalue weighted by Gasteiger charge is 2.27. The van der Waals surface area contributed by atoms with Crippen LogP contribution in [0.4, 0.5) is 5.69 Å². The summed E-state index contributed by atoms with van der Waals surface area (Å²) in [6, 6.07) is 7.60. The van der Waals surface area contributed by atoms with Gasteiger partial charge in [0.1, 0.15) is 6.04 Å². The molecule has 1 aromatic carbocycles. The molecule has 0 aliphatic heterocycles. The van der Waals surface area contributed by atoms with E-state index in [9.17, 15) is 4.79 Å². The molecule has 1 fully saturated rings. The maximum absolute atomic E-state index is 11.6. The van der Waals surface area contributed by atoms with Gasteiger partial charge in [0.15, 0.2) is 0 Å². The number of benzene rings is 1. The number of hydrogen-bond acceptors (Lipinski definition) is 2. The van der Waals surface area contributed by atoms with Crippen molar-refractivity contribution >= 4 is 27.5 Å². The number of primary amides is 1. The highest BCUT2D eigenvalue weighted by atomic mass is 79.9. The molecule has 98 valence electrons. The molecule has 4 heteroatoms. The second-order valence-electron chi connectivity index (χ2n) is 4.93. The van der Waals surface area contributed by atoms with Crippen LogP contribution in [0.1, 0.15) is 32.1 Å². The molecular formula is C14H19BrN2O. The van der Waals surface area contributed by atoms with Gasteiger partial charge in [-0.05, 0) is 37.0 Å². The largest absolute Gasteiger partial charge is 0.373 e. The van der Waals surface area contributed by atoms with Crippen molar-refractivity contribution in [3.05, 3.63) is 28.7 Å². The van der Waals surface area contributed by atoms with Crippen molar-refractivity contribution in [1.82, 2.24) is 0 Å². The minimum atomic E-state index is -0.250. The van der Waals surface area contributed by atoms with Crippen LogP contribution in [0.25, 0.3) is 0 Å². The van der Waals surface area contributed by atoms with Crippen molar-refractivity contribution in [2.24, 2.45) is 11.7 Å². The fourth-order valence-electron chi connectivity index (χ4n) is 2.65. The molecule has 1 amide bonds. The lowest BCUT2D eigenvalue weighted by molar-refractivity contribution is -0.120. The van der Waals surface area contributed by atoms with Crippen LogP contribution in [0.15, 0.2) is 28.7 Å². The SMILES string of the molecule is NC(=O)C(Nc1cccc(Br)c1)C1CCCCC1. The summed E-state index contributed by atoms with van der Waals surface area (Å²) in [7, 11) is 0. The Hall–Kier alpha value is -1.03. The Labute approximate surface area is 116 Å². The molecule has 1 unspecified atom stereocenters. The van der Waals surface area contributed by atoms with E-state index in [0.717, 1.165) is 23.0 Å². The maximum atomic E-state index is 11.6. The average molecular weight is 311 g/mol. The zero-order valence-electron chi connectivity index (χ0n) is 10.4. The van der Waals surface area contributed by atoms with Gasteiger partial charge < -0.3 is 11.1 Å². The van der Waals surface area contributed by atoms with E-state index in [2.05, 4.69) is 21.2 Å². The Morgan fingerprint density at radius 3 is 2.67 bits per heavy atom. The number of hydrogen-bond donors (Lipinski definition) is 2. The summed E-state index contributed by atoms with van der Waals surface area (Å²) < 4.78 is 0.999. The second-order valence-corrected chi connectivity index (χ2v) is 5.85.